The molecule has 0 aliphatic heterocycles. The lowest BCUT2D eigenvalue weighted by atomic mass is 10.1. The molecule has 3 N–H and O–H groups in total. The molecule has 0 amide bonds. The van der Waals surface area contributed by atoms with E-state index in [4.69, 9.17) is 12.2 Å². The molecule has 3 rings (SSSR count). The topological polar surface area (TPSA) is 70.2 Å². The van der Waals surface area contributed by atoms with Gasteiger partial charge in [0.05, 0.1) is 4.90 Å². The number of hydrogen-bond donors (Lipinski definition) is 3. The van der Waals surface area contributed by atoms with Crippen LogP contribution in [0.2, 0.25) is 0 Å². The van der Waals surface area contributed by atoms with Crippen LogP contribution in [0.3, 0.4) is 0 Å². The van der Waals surface area contributed by atoms with Crippen LogP contribution in [0.25, 0.3) is 0 Å². The molecule has 7 heteroatoms. The van der Waals surface area contributed by atoms with Crippen molar-refractivity contribution in [2.24, 2.45) is 0 Å². The Morgan fingerprint density at radius 1 is 0.793 bits per heavy atom. The van der Waals surface area contributed by atoms with Gasteiger partial charge in [-0.05, 0) is 86.6 Å². The molecule has 0 saturated heterocycles. The molecular formula is C22H23N3O2S2. The standard InChI is InChI=1S/C22H23N3O2S2/c1-15-7-13-20(14-8-15)29(26,27)25-19-11-9-18(10-12-19)23-22(28)24-21-6-4-5-16(2)17(21)3/h4-14,25H,1-3H3,(H2,23,24,28). The van der Waals surface area contributed by atoms with Crippen LogP contribution in [0.15, 0.2) is 71.6 Å². The maximum atomic E-state index is 12.5. The number of thiocarbonyl (C=S) groups is 1. The van der Waals surface area contributed by atoms with Crippen LogP contribution in [-0.2, 0) is 10.0 Å². The Hall–Kier alpha value is -2.90. The summed E-state index contributed by atoms with van der Waals surface area (Å²) in [6, 6.07) is 19.6. The fourth-order valence-electron chi connectivity index (χ4n) is 2.72. The SMILES string of the molecule is Cc1ccc(S(=O)(=O)Nc2ccc(NC(=S)Nc3cccc(C)c3C)cc2)cc1. The van der Waals surface area contributed by atoms with Crippen molar-refractivity contribution in [3.63, 3.8) is 0 Å². The minimum absolute atomic E-state index is 0.226. The molecule has 0 aliphatic rings. The first kappa shape index (κ1) is 20.8. The van der Waals surface area contributed by atoms with Gasteiger partial charge in [-0.3, -0.25) is 4.72 Å². The minimum atomic E-state index is -3.62. The maximum absolute atomic E-state index is 12.5. The molecule has 0 aromatic heterocycles. The van der Waals surface area contributed by atoms with Crippen molar-refractivity contribution >= 4 is 44.4 Å². The maximum Gasteiger partial charge on any atom is 0.261 e. The highest BCUT2D eigenvalue weighted by Crippen LogP contribution is 2.20. The molecule has 0 saturated carbocycles. The predicted octanol–water partition coefficient (Wildman–Crippen LogP) is 5.22. The number of hydrogen-bond acceptors (Lipinski definition) is 3. The molecule has 29 heavy (non-hydrogen) atoms. The van der Waals surface area contributed by atoms with E-state index in [1.165, 1.54) is 5.56 Å². The first-order valence-electron chi connectivity index (χ1n) is 9.08. The normalized spacial score (nSPS) is 11.0. The Labute approximate surface area is 177 Å². The molecule has 0 fully saturated rings. The third kappa shape index (κ3) is 5.34. The number of aryl methyl sites for hydroxylation is 2. The molecule has 3 aromatic carbocycles. The quantitative estimate of drug-likeness (QED) is 0.489. The van der Waals surface area contributed by atoms with Gasteiger partial charge in [-0.15, -0.1) is 0 Å². The Bertz CT molecular complexity index is 1120. The van der Waals surface area contributed by atoms with Gasteiger partial charge in [0.1, 0.15) is 0 Å². The van der Waals surface area contributed by atoms with Crippen LogP contribution in [-0.4, -0.2) is 13.5 Å². The summed E-state index contributed by atoms with van der Waals surface area (Å²) in [5, 5.41) is 6.76. The first-order valence-corrected chi connectivity index (χ1v) is 11.0. The lowest BCUT2D eigenvalue weighted by molar-refractivity contribution is 0.601. The lowest BCUT2D eigenvalue weighted by Crippen LogP contribution is -2.19. The van der Waals surface area contributed by atoms with Crippen molar-refractivity contribution in [1.82, 2.24) is 0 Å². The summed E-state index contributed by atoms with van der Waals surface area (Å²) in [7, 11) is -3.62. The van der Waals surface area contributed by atoms with Crippen molar-refractivity contribution < 1.29 is 8.42 Å². The summed E-state index contributed by atoms with van der Waals surface area (Å²) in [4.78, 5) is 0.226. The van der Waals surface area contributed by atoms with E-state index in [0.29, 0.717) is 10.8 Å². The van der Waals surface area contributed by atoms with E-state index in [9.17, 15) is 8.42 Å². The van der Waals surface area contributed by atoms with E-state index in [2.05, 4.69) is 15.4 Å². The van der Waals surface area contributed by atoms with Crippen LogP contribution >= 0.6 is 12.2 Å². The zero-order valence-corrected chi connectivity index (χ0v) is 18.1. The van der Waals surface area contributed by atoms with Gasteiger partial charge < -0.3 is 10.6 Å². The molecule has 5 nitrogen and oxygen atoms in total. The van der Waals surface area contributed by atoms with E-state index >= 15 is 0 Å². The van der Waals surface area contributed by atoms with Crippen molar-refractivity contribution in [3.8, 4) is 0 Å². The summed E-state index contributed by atoms with van der Waals surface area (Å²) in [5.41, 5.74) is 5.51. The number of rotatable bonds is 5. The molecule has 0 atom stereocenters. The molecule has 0 radical (unpaired) electrons. The molecule has 3 aromatic rings. The van der Waals surface area contributed by atoms with E-state index < -0.39 is 10.0 Å². The van der Waals surface area contributed by atoms with E-state index in [1.807, 2.05) is 39.0 Å². The Kier molecular flexibility index (Phi) is 6.20. The Morgan fingerprint density at radius 2 is 1.41 bits per heavy atom. The summed E-state index contributed by atoms with van der Waals surface area (Å²) in [5.74, 6) is 0. The lowest BCUT2D eigenvalue weighted by Gasteiger charge is -2.14. The largest absolute Gasteiger partial charge is 0.332 e. The van der Waals surface area contributed by atoms with Gasteiger partial charge in [0.2, 0.25) is 0 Å². The highest BCUT2D eigenvalue weighted by atomic mass is 32.2. The van der Waals surface area contributed by atoms with Crippen LogP contribution in [0.1, 0.15) is 16.7 Å². The van der Waals surface area contributed by atoms with Gasteiger partial charge in [0.25, 0.3) is 10.0 Å². The van der Waals surface area contributed by atoms with Gasteiger partial charge in [0.15, 0.2) is 5.11 Å². The fraction of sp³-hybridized carbons (Fsp3) is 0.136. The summed E-state index contributed by atoms with van der Waals surface area (Å²) < 4.78 is 27.5. The van der Waals surface area contributed by atoms with Gasteiger partial charge in [-0.1, -0.05) is 29.8 Å². The van der Waals surface area contributed by atoms with Gasteiger partial charge >= 0.3 is 0 Å². The van der Waals surface area contributed by atoms with E-state index in [0.717, 1.165) is 22.5 Å². The van der Waals surface area contributed by atoms with Crippen LogP contribution in [0, 0.1) is 20.8 Å². The van der Waals surface area contributed by atoms with Crippen molar-refractivity contribution in [1.29, 1.82) is 0 Å². The van der Waals surface area contributed by atoms with Gasteiger partial charge in [-0.25, -0.2) is 8.42 Å². The highest BCUT2D eigenvalue weighted by molar-refractivity contribution is 7.92. The third-order valence-corrected chi connectivity index (χ3v) is 6.18. The highest BCUT2D eigenvalue weighted by Gasteiger charge is 2.13. The second-order valence-corrected chi connectivity index (χ2v) is 8.91. The fourth-order valence-corrected chi connectivity index (χ4v) is 4.01. The summed E-state index contributed by atoms with van der Waals surface area (Å²) in [6.45, 7) is 6.00. The summed E-state index contributed by atoms with van der Waals surface area (Å²) >= 11 is 5.38. The third-order valence-electron chi connectivity index (χ3n) is 4.58. The molecule has 0 bridgehead atoms. The van der Waals surface area contributed by atoms with E-state index in [-0.39, 0.29) is 4.90 Å². The summed E-state index contributed by atoms with van der Waals surface area (Å²) in [6.07, 6.45) is 0. The van der Waals surface area contributed by atoms with Crippen LogP contribution < -0.4 is 15.4 Å². The molecule has 0 unspecified atom stereocenters. The van der Waals surface area contributed by atoms with Gasteiger partial charge in [-0.2, -0.15) is 0 Å². The molecule has 150 valence electrons. The number of sulfonamides is 1. The molecule has 0 heterocycles. The zero-order chi connectivity index (χ0) is 21.0. The second-order valence-electron chi connectivity index (χ2n) is 6.82. The monoisotopic (exact) mass is 425 g/mol. The van der Waals surface area contributed by atoms with Crippen molar-refractivity contribution in [3.05, 3.63) is 83.4 Å². The van der Waals surface area contributed by atoms with E-state index in [1.54, 1.807) is 48.5 Å². The zero-order valence-electron chi connectivity index (χ0n) is 16.5. The number of nitrogens with one attached hydrogen (secondary N) is 3. The van der Waals surface area contributed by atoms with Crippen LogP contribution in [0.5, 0.6) is 0 Å². The first-order chi connectivity index (χ1) is 13.7. The Balaban J connectivity index is 1.64. The smallest absolute Gasteiger partial charge is 0.261 e. The molecule has 0 spiro atoms. The van der Waals surface area contributed by atoms with Crippen molar-refractivity contribution in [2.75, 3.05) is 15.4 Å². The molecular weight excluding hydrogens is 402 g/mol. The molecule has 0 aliphatic carbocycles. The van der Waals surface area contributed by atoms with Crippen molar-refractivity contribution in [2.45, 2.75) is 25.7 Å². The average Bonchev–Trinajstić information content (AvgIpc) is 2.67. The average molecular weight is 426 g/mol. The van der Waals surface area contributed by atoms with Crippen LogP contribution in [0.4, 0.5) is 17.1 Å². The number of anilines is 3. The second kappa shape index (κ2) is 8.63. The Morgan fingerprint density at radius 3 is 2.07 bits per heavy atom. The van der Waals surface area contributed by atoms with Gasteiger partial charge in [0, 0.05) is 17.1 Å². The minimum Gasteiger partial charge on any atom is -0.332 e. The number of benzene rings is 3. The predicted molar refractivity (Wildman–Crippen MR) is 124 cm³/mol.